The van der Waals surface area contributed by atoms with Crippen LogP contribution in [0.1, 0.15) is 31.2 Å². The van der Waals surface area contributed by atoms with Crippen LogP contribution in [-0.2, 0) is 16.1 Å². The molecule has 1 aromatic rings. The SMILES string of the molecule is COCC1CCN(CC2(O)CCCN(Cc3ccc(F)cc3)C2=O)CC1. The maximum Gasteiger partial charge on any atom is 0.256 e. The van der Waals surface area contributed by atoms with Gasteiger partial charge >= 0.3 is 0 Å². The minimum absolute atomic E-state index is 0.202. The van der Waals surface area contributed by atoms with Gasteiger partial charge in [-0.25, -0.2) is 4.39 Å². The van der Waals surface area contributed by atoms with Gasteiger partial charge in [-0.05, 0) is 62.4 Å². The molecule has 0 aromatic heterocycles. The Bertz CT molecular complexity index is 602. The molecule has 26 heavy (non-hydrogen) atoms. The van der Waals surface area contributed by atoms with Crippen molar-refractivity contribution in [3.05, 3.63) is 35.6 Å². The average Bonchev–Trinajstić information content (AvgIpc) is 2.63. The summed E-state index contributed by atoms with van der Waals surface area (Å²) < 4.78 is 18.3. The molecule has 2 aliphatic rings. The quantitative estimate of drug-likeness (QED) is 0.839. The molecule has 1 atom stereocenters. The van der Waals surface area contributed by atoms with Crippen LogP contribution in [0.3, 0.4) is 0 Å². The molecule has 0 saturated carbocycles. The summed E-state index contributed by atoms with van der Waals surface area (Å²) in [5.74, 6) is 0.0853. The second kappa shape index (κ2) is 8.46. The highest BCUT2D eigenvalue weighted by molar-refractivity contribution is 5.86. The van der Waals surface area contributed by atoms with Gasteiger partial charge < -0.3 is 14.7 Å². The van der Waals surface area contributed by atoms with Crippen molar-refractivity contribution in [2.45, 2.75) is 37.8 Å². The Labute approximate surface area is 154 Å². The fourth-order valence-electron chi connectivity index (χ4n) is 4.09. The van der Waals surface area contributed by atoms with E-state index < -0.39 is 5.60 Å². The van der Waals surface area contributed by atoms with Crippen molar-refractivity contribution in [1.29, 1.82) is 0 Å². The molecule has 2 fully saturated rings. The highest BCUT2D eigenvalue weighted by Crippen LogP contribution is 2.27. The highest BCUT2D eigenvalue weighted by Gasteiger charge is 2.43. The summed E-state index contributed by atoms with van der Waals surface area (Å²) >= 11 is 0. The molecule has 1 N–H and O–H groups in total. The lowest BCUT2D eigenvalue weighted by Crippen LogP contribution is -2.59. The number of nitrogens with zero attached hydrogens (tertiary/aromatic N) is 2. The Morgan fingerprint density at radius 3 is 2.58 bits per heavy atom. The number of piperidine rings is 2. The number of likely N-dealkylation sites (tertiary alicyclic amines) is 2. The molecule has 5 nitrogen and oxygen atoms in total. The van der Waals surface area contributed by atoms with Crippen molar-refractivity contribution in [1.82, 2.24) is 9.80 Å². The number of benzene rings is 1. The number of rotatable bonds is 6. The smallest absolute Gasteiger partial charge is 0.256 e. The summed E-state index contributed by atoms with van der Waals surface area (Å²) in [5, 5.41) is 11.0. The van der Waals surface area contributed by atoms with Crippen molar-refractivity contribution in [3.63, 3.8) is 0 Å². The van der Waals surface area contributed by atoms with E-state index in [2.05, 4.69) is 4.90 Å². The molecule has 0 bridgehead atoms. The second-order valence-corrected chi connectivity index (χ2v) is 7.66. The first-order valence-electron chi connectivity index (χ1n) is 9.48. The number of hydrogen-bond donors (Lipinski definition) is 1. The van der Waals surface area contributed by atoms with Crippen LogP contribution in [-0.4, -0.2) is 66.3 Å². The molecule has 0 aliphatic carbocycles. The van der Waals surface area contributed by atoms with Gasteiger partial charge in [0.1, 0.15) is 5.82 Å². The summed E-state index contributed by atoms with van der Waals surface area (Å²) in [5.41, 5.74) is -0.434. The van der Waals surface area contributed by atoms with E-state index in [4.69, 9.17) is 4.74 Å². The van der Waals surface area contributed by atoms with Crippen molar-refractivity contribution >= 4 is 5.91 Å². The Morgan fingerprint density at radius 2 is 1.92 bits per heavy atom. The Hall–Kier alpha value is -1.50. The monoisotopic (exact) mass is 364 g/mol. The minimum atomic E-state index is -1.31. The molecule has 3 rings (SSSR count). The lowest BCUT2D eigenvalue weighted by molar-refractivity contribution is -0.160. The number of ether oxygens (including phenoxy) is 1. The first-order chi connectivity index (χ1) is 12.5. The second-order valence-electron chi connectivity index (χ2n) is 7.66. The first kappa shape index (κ1) is 19.3. The predicted molar refractivity (Wildman–Crippen MR) is 97.0 cm³/mol. The number of amides is 1. The number of carbonyl (C=O) groups is 1. The van der Waals surface area contributed by atoms with Crippen LogP contribution in [0.25, 0.3) is 0 Å². The number of hydrogen-bond acceptors (Lipinski definition) is 4. The topological polar surface area (TPSA) is 53.0 Å². The molecule has 0 radical (unpaired) electrons. The number of β-amino-alcohol motifs (C(OH)–C–C–N with tert-alkyl or cyclic N) is 1. The summed E-state index contributed by atoms with van der Waals surface area (Å²) in [7, 11) is 1.73. The maximum atomic E-state index is 13.1. The zero-order chi connectivity index (χ0) is 18.6. The molecule has 6 heteroatoms. The van der Waals surface area contributed by atoms with E-state index in [9.17, 15) is 14.3 Å². The van der Waals surface area contributed by atoms with E-state index in [0.29, 0.717) is 32.0 Å². The zero-order valence-electron chi connectivity index (χ0n) is 15.5. The van der Waals surface area contributed by atoms with E-state index >= 15 is 0 Å². The van der Waals surface area contributed by atoms with Crippen LogP contribution < -0.4 is 0 Å². The third-order valence-electron chi connectivity index (χ3n) is 5.59. The van der Waals surface area contributed by atoms with Crippen LogP contribution in [0.5, 0.6) is 0 Å². The normalized spacial score (nSPS) is 25.7. The largest absolute Gasteiger partial charge is 0.384 e. The van der Waals surface area contributed by atoms with E-state index in [-0.39, 0.29) is 11.7 Å². The minimum Gasteiger partial charge on any atom is -0.384 e. The van der Waals surface area contributed by atoms with E-state index in [0.717, 1.165) is 44.5 Å². The van der Waals surface area contributed by atoms with Gasteiger partial charge in [0.05, 0.1) is 0 Å². The molecule has 1 unspecified atom stereocenters. The molecular formula is C20H29FN2O3. The number of aliphatic hydroxyl groups is 1. The molecule has 2 saturated heterocycles. The van der Waals surface area contributed by atoms with Crippen molar-refractivity contribution in [3.8, 4) is 0 Å². The molecular weight excluding hydrogens is 335 g/mol. The molecule has 2 heterocycles. The predicted octanol–water partition coefficient (Wildman–Crippen LogP) is 2.04. The van der Waals surface area contributed by atoms with Gasteiger partial charge in [-0.2, -0.15) is 0 Å². The average molecular weight is 364 g/mol. The lowest BCUT2D eigenvalue weighted by Gasteiger charge is -2.42. The van der Waals surface area contributed by atoms with Crippen molar-refractivity contribution in [2.75, 3.05) is 39.9 Å². The fourth-order valence-corrected chi connectivity index (χ4v) is 4.09. The van der Waals surface area contributed by atoms with Crippen molar-refractivity contribution in [2.24, 2.45) is 5.92 Å². The fraction of sp³-hybridized carbons (Fsp3) is 0.650. The standard InChI is InChI=1S/C20H29FN2O3/c1-26-14-17-7-11-22(12-8-17)15-20(25)9-2-10-23(19(20)24)13-16-3-5-18(21)6-4-16/h3-6,17,25H,2,7-15H2,1H3. The van der Waals surface area contributed by atoms with Crippen molar-refractivity contribution < 1.29 is 19.0 Å². The highest BCUT2D eigenvalue weighted by atomic mass is 19.1. The molecule has 1 amide bonds. The third kappa shape index (κ3) is 4.61. The van der Waals surface area contributed by atoms with Gasteiger partial charge in [0, 0.05) is 33.4 Å². The van der Waals surface area contributed by atoms with Crippen LogP contribution in [0.4, 0.5) is 4.39 Å². The van der Waals surface area contributed by atoms with Crippen LogP contribution >= 0.6 is 0 Å². The maximum absolute atomic E-state index is 13.1. The van der Waals surface area contributed by atoms with E-state index in [1.807, 2.05) is 0 Å². The molecule has 144 valence electrons. The van der Waals surface area contributed by atoms with Gasteiger partial charge in [0.25, 0.3) is 5.91 Å². The summed E-state index contributed by atoms with van der Waals surface area (Å²) in [4.78, 5) is 16.8. The first-order valence-corrected chi connectivity index (χ1v) is 9.48. The lowest BCUT2D eigenvalue weighted by atomic mass is 9.89. The van der Waals surface area contributed by atoms with Crippen LogP contribution in [0.2, 0.25) is 0 Å². The van der Waals surface area contributed by atoms with Gasteiger partial charge in [-0.15, -0.1) is 0 Å². The van der Waals surface area contributed by atoms with Gasteiger partial charge in [-0.1, -0.05) is 12.1 Å². The van der Waals surface area contributed by atoms with Crippen LogP contribution in [0.15, 0.2) is 24.3 Å². The summed E-state index contributed by atoms with van der Waals surface area (Å²) in [6.45, 7) is 4.00. The number of carbonyl (C=O) groups excluding carboxylic acids is 1. The van der Waals surface area contributed by atoms with Gasteiger partial charge in [0.2, 0.25) is 0 Å². The number of methoxy groups -OCH3 is 1. The Morgan fingerprint density at radius 1 is 1.23 bits per heavy atom. The third-order valence-corrected chi connectivity index (χ3v) is 5.59. The van der Waals surface area contributed by atoms with Gasteiger partial charge in [0.15, 0.2) is 5.60 Å². The Balaban J connectivity index is 1.58. The molecule has 1 aromatic carbocycles. The Kier molecular flexibility index (Phi) is 6.27. The van der Waals surface area contributed by atoms with E-state index in [1.165, 1.54) is 12.1 Å². The molecule has 0 spiro atoms. The number of halogens is 1. The zero-order valence-corrected chi connectivity index (χ0v) is 15.5. The van der Waals surface area contributed by atoms with Crippen LogP contribution in [0, 0.1) is 11.7 Å². The summed E-state index contributed by atoms with van der Waals surface area (Å²) in [6.07, 6.45) is 3.36. The summed E-state index contributed by atoms with van der Waals surface area (Å²) in [6, 6.07) is 6.19. The van der Waals surface area contributed by atoms with E-state index in [1.54, 1.807) is 24.1 Å². The molecule has 2 aliphatic heterocycles. The van der Waals surface area contributed by atoms with Gasteiger partial charge in [-0.3, -0.25) is 9.69 Å².